The first-order valence-corrected chi connectivity index (χ1v) is 10.9. The number of aromatic nitrogens is 4. The Morgan fingerprint density at radius 1 is 1.26 bits per heavy atom. The van der Waals surface area contributed by atoms with Crippen LogP contribution in [-0.2, 0) is 6.54 Å². The van der Waals surface area contributed by atoms with E-state index in [4.69, 9.17) is 9.72 Å². The van der Waals surface area contributed by atoms with E-state index in [0.717, 1.165) is 27.0 Å². The van der Waals surface area contributed by atoms with Crippen molar-refractivity contribution in [2.24, 2.45) is 0 Å². The van der Waals surface area contributed by atoms with Gasteiger partial charge in [0, 0.05) is 24.1 Å². The third-order valence-electron chi connectivity index (χ3n) is 5.08. The number of carbonyl (C=O) groups is 1. The molecular formula is C23H25N5O2S. The molecular weight excluding hydrogens is 410 g/mol. The average Bonchev–Trinajstić information content (AvgIpc) is 3.37. The zero-order chi connectivity index (χ0) is 22.1. The predicted molar refractivity (Wildman–Crippen MR) is 123 cm³/mol. The molecule has 0 N–H and O–H groups in total. The number of rotatable bonds is 6. The van der Waals surface area contributed by atoms with Crippen LogP contribution in [0.2, 0.25) is 0 Å². The van der Waals surface area contributed by atoms with Gasteiger partial charge in [-0.1, -0.05) is 23.5 Å². The Hall–Kier alpha value is -3.26. The second-order valence-electron chi connectivity index (χ2n) is 7.72. The average molecular weight is 436 g/mol. The van der Waals surface area contributed by atoms with Gasteiger partial charge in [0.05, 0.1) is 18.4 Å². The van der Waals surface area contributed by atoms with Crippen LogP contribution in [0.25, 0.3) is 10.2 Å². The van der Waals surface area contributed by atoms with Gasteiger partial charge in [-0.3, -0.25) is 19.4 Å². The van der Waals surface area contributed by atoms with Gasteiger partial charge in [0.15, 0.2) is 10.8 Å². The van der Waals surface area contributed by atoms with Crippen LogP contribution < -0.4 is 9.64 Å². The fourth-order valence-corrected chi connectivity index (χ4v) is 4.58. The van der Waals surface area contributed by atoms with E-state index in [0.29, 0.717) is 23.1 Å². The maximum absolute atomic E-state index is 13.6. The lowest BCUT2D eigenvalue weighted by atomic mass is 10.2. The fourth-order valence-electron chi connectivity index (χ4n) is 3.53. The van der Waals surface area contributed by atoms with Gasteiger partial charge in [0.2, 0.25) is 0 Å². The molecule has 1 amide bonds. The normalized spacial score (nSPS) is 11.3. The summed E-state index contributed by atoms with van der Waals surface area (Å²) in [7, 11) is 1.63. The van der Waals surface area contributed by atoms with Gasteiger partial charge in [-0.2, -0.15) is 5.10 Å². The summed E-state index contributed by atoms with van der Waals surface area (Å²) in [5.41, 5.74) is 4.11. The molecule has 0 saturated heterocycles. The van der Waals surface area contributed by atoms with Gasteiger partial charge in [-0.15, -0.1) is 0 Å². The van der Waals surface area contributed by atoms with Crippen LogP contribution in [0.1, 0.15) is 47.2 Å². The number of aryl methyl sites for hydroxylation is 2. The van der Waals surface area contributed by atoms with Crippen LogP contribution in [-0.4, -0.2) is 32.8 Å². The molecule has 0 aliphatic carbocycles. The molecule has 0 aliphatic rings. The Balaban J connectivity index is 1.81. The second-order valence-corrected chi connectivity index (χ2v) is 8.70. The highest BCUT2D eigenvalue weighted by Crippen LogP contribution is 2.37. The lowest BCUT2D eigenvalue weighted by Crippen LogP contribution is -2.31. The van der Waals surface area contributed by atoms with Crippen molar-refractivity contribution in [2.45, 2.75) is 40.3 Å². The number of fused-ring (bicyclic) bond motifs is 1. The zero-order valence-corrected chi connectivity index (χ0v) is 19.1. The molecule has 0 unspecified atom stereocenters. The van der Waals surface area contributed by atoms with Crippen LogP contribution in [0.3, 0.4) is 0 Å². The van der Waals surface area contributed by atoms with Crippen molar-refractivity contribution in [3.8, 4) is 5.75 Å². The minimum Gasteiger partial charge on any atom is -0.494 e. The van der Waals surface area contributed by atoms with Crippen molar-refractivity contribution in [1.29, 1.82) is 0 Å². The molecule has 0 saturated carbocycles. The highest BCUT2D eigenvalue weighted by Gasteiger charge is 2.26. The molecule has 0 aliphatic heterocycles. The molecule has 8 heteroatoms. The smallest absolute Gasteiger partial charge is 0.280 e. The standard InChI is InChI=1S/C23H25N5O2S/c1-14(2)28-16(4)11-18(26-28)22(29)27(13-17-7-6-10-24-12-17)23-25-20-19(30-5)9-8-15(3)21(20)31-23/h6-12,14H,13H2,1-5H3. The summed E-state index contributed by atoms with van der Waals surface area (Å²) in [6.45, 7) is 8.43. The van der Waals surface area contributed by atoms with E-state index in [1.54, 1.807) is 24.4 Å². The van der Waals surface area contributed by atoms with E-state index in [9.17, 15) is 4.79 Å². The largest absolute Gasteiger partial charge is 0.494 e. The molecule has 0 spiro atoms. The molecule has 1 aromatic carbocycles. The van der Waals surface area contributed by atoms with E-state index in [-0.39, 0.29) is 11.9 Å². The monoisotopic (exact) mass is 435 g/mol. The first kappa shape index (κ1) is 21.0. The highest BCUT2D eigenvalue weighted by molar-refractivity contribution is 7.22. The topological polar surface area (TPSA) is 73.1 Å². The second kappa shape index (κ2) is 8.47. The molecule has 160 valence electrons. The van der Waals surface area contributed by atoms with Crippen LogP contribution in [0.15, 0.2) is 42.7 Å². The molecule has 7 nitrogen and oxygen atoms in total. The highest BCUT2D eigenvalue weighted by atomic mass is 32.1. The Kier molecular flexibility index (Phi) is 5.73. The number of hydrogen-bond acceptors (Lipinski definition) is 6. The Morgan fingerprint density at radius 3 is 2.71 bits per heavy atom. The molecule has 3 heterocycles. The quantitative estimate of drug-likeness (QED) is 0.429. The first-order chi connectivity index (χ1) is 14.9. The number of carbonyl (C=O) groups excluding carboxylic acids is 1. The number of hydrogen-bond donors (Lipinski definition) is 0. The molecule has 0 radical (unpaired) electrons. The van der Waals surface area contributed by atoms with Crippen molar-refractivity contribution in [3.05, 3.63) is 65.2 Å². The van der Waals surface area contributed by atoms with Crippen molar-refractivity contribution >= 4 is 32.6 Å². The summed E-state index contributed by atoms with van der Waals surface area (Å²) in [4.78, 5) is 24.3. The Bertz CT molecular complexity index is 1230. The molecule has 0 bridgehead atoms. The van der Waals surface area contributed by atoms with E-state index >= 15 is 0 Å². The fraction of sp³-hybridized carbons (Fsp3) is 0.304. The van der Waals surface area contributed by atoms with Crippen molar-refractivity contribution in [1.82, 2.24) is 19.7 Å². The van der Waals surface area contributed by atoms with Crippen molar-refractivity contribution in [3.63, 3.8) is 0 Å². The Morgan fingerprint density at radius 2 is 2.06 bits per heavy atom. The predicted octanol–water partition coefficient (Wildman–Crippen LogP) is 4.94. The molecule has 0 atom stereocenters. The van der Waals surface area contributed by atoms with Gasteiger partial charge < -0.3 is 4.74 Å². The van der Waals surface area contributed by atoms with Gasteiger partial charge >= 0.3 is 0 Å². The lowest BCUT2D eigenvalue weighted by Gasteiger charge is -2.18. The minimum absolute atomic E-state index is 0.169. The molecule has 3 aromatic heterocycles. The number of nitrogens with zero attached hydrogens (tertiary/aromatic N) is 5. The third-order valence-corrected chi connectivity index (χ3v) is 6.30. The van der Waals surface area contributed by atoms with Crippen LogP contribution in [0.4, 0.5) is 5.13 Å². The van der Waals surface area contributed by atoms with Gasteiger partial charge in [0.25, 0.3) is 5.91 Å². The van der Waals surface area contributed by atoms with Crippen LogP contribution in [0, 0.1) is 13.8 Å². The van der Waals surface area contributed by atoms with Gasteiger partial charge in [0.1, 0.15) is 11.3 Å². The molecule has 4 aromatic rings. The summed E-state index contributed by atoms with van der Waals surface area (Å²) in [5, 5.41) is 5.17. The van der Waals surface area contributed by atoms with E-state index in [1.807, 2.05) is 62.7 Å². The molecule has 31 heavy (non-hydrogen) atoms. The van der Waals surface area contributed by atoms with Crippen LogP contribution >= 0.6 is 11.3 Å². The molecule has 0 fully saturated rings. The van der Waals surface area contributed by atoms with E-state index in [2.05, 4.69) is 10.1 Å². The number of ether oxygens (including phenoxy) is 1. The maximum atomic E-state index is 13.6. The van der Waals surface area contributed by atoms with Gasteiger partial charge in [-0.05, 0) is 57.0 Å². The van der Waals surface area contributed by atoms with E-state index in [1.165, 1.54) is 11.3 Å². The third kappa shape index (κ3) is 4.03. The summed E-state index contributed by atoms with van der Waals surface area (Å²) >= 11 is 1.48. The van der Waals surface area contributed by atoms with Crippen molar-refractivity contribution < 1.29 is 9.53 Å². The number of methoxy groups -OCH3 is 1. The maximum Gasteiger partial charge on any atom is 0.280 e. The van der Waals surface area contributed by atoms with E-state index < -0.39 is 0 Å². The number of benzene rings is 1. The first-order valence-electron chi connectivity index (χ1n) is 10.1. The summed E-state index contributed by atoms with van der Waals surface area (Å²) in [6, 6.07) is 9.72. The zero-order valence-electron chi connectivity index (χ0n) is 18.3. The number of thiazole rings is 1. The number of anilines is 1. The molecule has 4 rings (SSSR count). The Labute approximate surface area is 185 Å². The summed E-state index contributed by atoms with van der Waals surface area (Å²) < 4.78 is 8.36. The summed E-state index contributed by atoms with van der Waals surface area (Å²) in [6.07, 6.45) is 3.48. The number of pyridine rings is 1. The lowest BCUT2D eigenvalue weighted by molar-refractivity contribution is 0.0979. The van der Waals surface area contributed by atoms with Gasteiger partial charge in [-0.25, -0.2) is 4.98 Å². The van der Waals surface area contributed by atoms with Crippen molar-refractivity contribution in [2.75, 3.05) is 12.0 Å². The number of amides is 1. The SMILES string of the molecule is COc1ccc(C)c2sc(N(Cc3cccnc3)C(=O)c3cc(C)n(C(C)C)n3)nc12. The summed E-state index contributed by atoms with van der Waals surface area (Å²) in [5.74, 6) is 0.499. The van der Waals surface area contributed by atoms with Crippen LogP contribution in [0.5, 0.6) is 5.75 Å². The minimum atomic E-state index is -0.193.